The van der Waals surface area contributed by atoms with Crippen molar-refractivity contribution in [1.29, 1.82) is 0 Å². The lowest BCUT2D eigenvalue weighted by molar-refractivity contribution is 0.203. The van der Waals surface area contributed by atoms with E-state index in [9.17, 15) is 5.11 Å². The molecule has 60 valence electrons. The third-order valence-corrected chi connectivity index (χ3v) is 3.58. The molecule has 1 aliphatic carbocycles. The van der Waals surface area contributed by atoms with Crippen molar-refractivity contribution < 1.29 is 5.11 Å². The molecule has 11 heavy (non-hydrogen) atoms. The van der Waals surface area contributed by atoms with Crippen molar-refractivity contribution in [2.24, 2.45) is 0 Å². The first-order valence-electron chi connectivity index (χ1n) is 4.07. The fraction of sp³-hybridized carbons (Fsp3) is 0.556. The van der Waals surface area contributed by atoms with Gasteiger partial charge in [-0.05, 0) is 37.8 Å². The molecule has 2 rings (SSSR count). The predicted molar refractivity (Wildman–Crippen MR) is 47.0 cm³/mol. The zero-order valence-corrected chi connectivity index (χ0v) is 7.45. The van der Waals surface area contributed by atoms with E-state index < -0.39 is 0 Å². The fourth-order valence-corrected chi connectivity index (χ4v) is 2.75. The van der Waals surface area contributed by atoms with E-state index in [0.717, 1.165) is 4.88 Å². The summed E-state index contributed by atoms with van der Waals surface area (Å²) in [6, 6.07) is 2.16. The van der Waals surface area contributed by atoms with Crippen LogP contribution in [0.1, 0.15) is 34.8 Å². The molecule has 1 aliphatic rings. The molecule has 0 spiro atoms. The molecule has 0 saturated heterocycles. The van der Waals surface area contributed by atoms with Crippen LogP contribution in [0.2, 0.25) is 0 Å². The summed E-state index contributed by atoms with van der Waals surface area (Å²) in [5.74, 6) is 0. The standard InChI is InChI=1S/C9H12OS/c1-6(10)9-5-7-3-2-4-8(7)11-9/h5-6,10H,2-4H2,1H3/t6-/m1/s1. The topological polar surface area (TPSA) is 20.2 Å². The molecule has 0 fully saturated rings. The first-order chi connectivity index (χ1) is 5.27. The normalized spacial score (nSPS) is 18.4. The van der Waals surface area contributed by atoms with Crippen LogP contribution in [0.3, 0.4) is 0 Å². The van der Waals surface area contributed by atoms with Gasteiger partial charge in [-0.1, -0.05) is 0 Å². The van der Waals surface area contributed by atoms with Gasteiger partial charge < -0.3 is 5.11 Å². The van der Waals surface area contributed by atoms with E-state index in [4.69, 9.17) is 0 Å². The largest absolute Gasteiger partial charge is 0.388 e. The Balaban J connectivity index is 2.34. The van der Waals surface area contributed by atoms with Gasteiger partial charge in [-0.25, -0.2) is 0 Å². The second kappa shape index (κ2) is 2.61. The molecule has 0 unspecified atom stereocenters. The first kappa shape index (κ1) is 7.32. The Morgan fingerprint density at radius 1 is 1.55 bits per heavy atom. The maximum atomic E-state index is 9.29. The average Bonchev–Trinajstić information content (AvgIpc) is 2.40. The maximum absolute atomic E-state index is 9.29. The smallest absolute Gasteiger partial charge is 0.0854 e. The van der Waals surface area contributed by atoms with Crippen molar-refractivity contribution >= 4 is 11.3 Å². The molecule has 1 aromatic rings. The lowest BCUT2D eigenvalue weighted by Crippen LogP contribution is -1.84. The third-order valence-electron chi connectivity index (χ3n) is 2.18. The summed E-state index contributed by atoms with van der Waals surface area (Å²) in [6.07, 6.45) is 3.48. The fourth-order valence-electron chi connectivity index (χ4n) is 1.56. The predicted octanol–water partition coefficient (Wildman–Crippen LogP) is 2.29. The van der Waals surface area contributed by atoms with Gasteiger partial charge >= 0.3 is 0 Å². The van der Waals surface area contributed by atoms with E-state index in [1.807, 2.05) is 6.92 Å². The molecule has 0 aromatic carbocycles. The molecule has 0 bridgehead atoms. The molecular formula is C9H12OS. The molecule has 0 aliphatic heterocycles. The second-order valence-corrected chi connectivity index (χ2v) is 4.30. The number of rotatable bonds is 1. The van der Waals surface area contributed by atoms with Gasteiger partial charge in [-0.3, -0.25) is 0 Å². The van der Waals surface area contributed by atoms with Crippen LogP contribution >= 0.6 is 11.3 Å². The van der Waals surface area contributed by atoms with Crippen molar-refractivity contribution in [2.75, 3.05) is 0 Å². The second-order valence-electron chi connectivity index (χ2n) is 3.13. The zero-order valence-electron chi connectivity index (χ0n) is 6.63. The van der Waals surface area contributed by atoms with Gasteiger partial charge in [0, 0.05) is 9.75 Å². The Hall–Kier alpha value is -0.340. The van der Waals surface area contributed by atoms with E-state index in [2.05, 4.69) is 6.07 Å². The summed E-state index contributed by atoms with van der Waals surface area (Å²) in [6.45, 7) is 1.83. The highest BCUT2D eigenvalue weighted by Crippen LogP contribution is 2.33. The van der Waals surface area contributed by atoms with Crippen molar-refractivity contribution in [1.82, 2.24) is 0 Å². The molecule has 1 nitrogen and oxygen atoms in total. The van der Waals surface area contributed by atoms with Gasteiger partial charge in [0.1, 0.15) is 0 Å². The Morgan fingerprint density at radius 2 is 2.36 bits per heavy atom. The van der Waals surface area contributed by atoms with E-state index in [0.29, 0.717) is 0 Å². The number of thiophene rings is 1. The minimum absolute atomic E-state index is 0.273. The molecule has 0 radical (unpaired) electrons. The van der Waals surface area contributed by atoms with Crippen LogP contribution in [0.5, 0.6) is 0 Å². The minimum Gasteiger partial charge on any atom is -0.388 e. The van der Waals surface area contributed by atoms with Gasteiger partial charge in [-0.2, -0.15) is 0 Å². The minimum atomic E-state index is -0.273. The molecule has 0 saturated carbocycles. The lowest BCUT2D eigenvalue weighted by Gasteiger charge is -1.97. The van der Waals surface area contributed by atoms with Crippen molar-refractivity contribution in [3.63, 3.8) is 0 Å². The number of aliphatic hydroxyl groups is 1. The summed E-state index contributed by atoms with van der Waals surface area (Å²) >= 11 is 1.78. The number of aryl methyl sites for hydroxylation is 2. The van der Waals surface area contributed by atoms with E-state index in [-0.39, 0.29) is 6.10 Å². The molecular weight excluding hydrogens is 156 g/mol. The molecule has 1 atom stereocenters. The molecule has 1 heterocycles. The Bertz CT molecular complexity index is 241. The first-order valence-corrected chi connectivity index (χ1v) is 4.88. The summed E-state index contributed by atoms with van der Waals surface area (Å²) in [4.78, 5) is 2.63. The third kappa shape index (κ3) is 1.21. The summed E-state index contributed by atoms with van der Waals surface area (Å²) in [7, 11) is 0. The lowest BCUT2D eigenvalue weighted by atomic mass is 10.2. The van der Waals surface area contributed by atoms with Crippen LogP contribution in [0, 0.1) is 0 Å². The highest BCUT2D eigenvalue weighted by Gasteiger charge is 2.16. The number of hydrogen-bond donors (Lipinski definition) is 1. The van der Waals surface area contributed by atoms with Crippen LogP contribution in [0.4, 0.5) is 0 Å². The maximum Gasteiger partial charge on any atom is 0.0854 e. The van der Waals surface area contributed by atoms with E-state index in [1.54, 1.807) is 11.3 Å². The van der Waals surface area contributed by atoms with Gasteiger partial charge in [-0.15, -0.1) is 11.3 Å². The van der Waals surface area contributed by atoms with Crippen molar-refractivity contribution in [3.05, 3.63) is 21.4 Å². The molecule has 1 N–H and O–H groups in total. The van der Waals surface area contributed by atoms with Gasteiger partial charge in [0.25, 0.3) is 0 Å². The van der Waals surface area contributed by atoms with Crippen LogP contribution < -0.4 is 0 Å². The average molecular weight is 168 g/mol. The van der Waals surface area contributed by atoms with Crippen LogP contribution in [-0.2, 0) is 12.8 Å². The molecule has 0 amide bonds. The Labute approximate surface area is 70.7 Å². The van der Waals surface area contributed by atoms with Gasteiger partial charge in [0.05, 0.1) is 6.10 Å². The van der Waals surface area contributed by atoms with Crippen molar-refractivity contribution in [3.8, 4) is 0 Å². The number of aliphatic hydroxyl groups excluding tert-OH is 1. The number of fused-ring (bicyclic) bond motifs is 1. The molecule has 1 aromatic heterocycles. The highest BCUT2D eigenvalue weighted by molar-refractivity contribution is 7.12. The van der Waals surface area contributed by atoms with Gasteiger partial charge in [0.2, 0.25) is 0 Å². The zero-order chi connectivity index (χ0) is 7.84. The summed E-state index contributed by atoms with van der Waals surface area (Å²) in [5.41, 5.74) is 1.48. The number of hydrogen-bond acceptors (Lipinski definition) is 2. The van der Waals surface area contributed by atoms with Crippen LogP contribution in [-0.4, -0.2) is 5.11 Å². The summed E-state index contributed by atoms with van der Waals surface area (Å²) in [5, 5.41) is 9.29. The van der Waals surface area contributed by atoms with Crippen molar-refractivity contribution in [2.45, 2.75) is 32.3 Å². The SMILES string of the molecule is C[C@@H](O)c1cc2c(s1)CCC2. The monoisotopic (exact) mass is 168 g/mol. The molecule has 2 heteroatoms. The van der Waals surface area contributed by atoms with E-state index >= 15 is 0 Å². The van der Waals surface area contributed by atoms with Crippen LogP contribution in [0.25, 0.3) is 0 Å². The van der Waals surface area contributed by atoms with E-state index in [1.165, 1.54) is 29.7 Å². The Kier molecular flexibility index (Phi) is 1.74. The highest BCUT2D eigenvalue weighted by atomic mass is 32.1. The Morgan fingerprint density at radius 3 is 3.00 bits per heavy atom. The summed E-state index contributed by atoms with van der Waals surface area (Å²) < 4.78 is 0. The van der Waals surface area contributed by atoms with Crippen LogP contribution in [0.15, 0.2) is 6.07 Å². The quantitative estimate of drug-likeness (QED) is 0.682. The van der Waals surface area contributed by atoms with Gasteiger partial charge in [0.15, 0.2) is 0 Å².